The molecule has 0 spiro atoms. The molecule has 0 aromatic carbocycles. The van der Waals surface area contributed by atoms with E-state index < -0.39 is 0 Å². The van der Waals surface area contributed by atoms with Crippen LogP contribution in [0.4, 0.5) is 11.9 Å². The third-order valence-electron chi connectivity index (χ3n) is 2.42. The molecule has 1 rings (SSSR count). The van der Waals surface area contributed by atoms with Crippen molar-refractivity contribution in [3.05, 3.63) is 0 Å². The zero-order valence-corrected chi connectivity index (χ0v) is 12.7. The molecule has 20 heavy (non-hydrogen) atoms. The van der Waals surface area contributed by atoms with Gasteiger partial charge >= 0.3 is 6.01 Å². The van der Waals surface area contributed by atoms with Crippen molar-refractivity contribution >= 4 is 17.8 Å². The molecular weight excluding hydrogens is 260 g/mol. The van der Waals surface area contributed by atoms with E-state index in [1.54, 1.807) is 26.0 Å². The number of anilines is 2. The minimum absolute atomic E-state index is 0.0316. The van der Waals surface area contributed by atoms with Gasteiger partial charge in [-0.2, -0.15) is 15.0 Å². The Hall–Kier alpha value is -2.12. The number of amides is 1. The molecule has 0 atom stereocenters. The molecule has 0 bridgehead atoms. The second-order valence-corrected chi connectivity index (χ2v) is 4.35. The van der Waals surface area contributed by atoms with Crippen LogP contribution in [0.1, 0.15) is 13.8 Å². The first kappa shape index (κ1) is 15.9. The Morgan fingerprint density at radius 1 is 1.20 bits per heavy atom. The Morgan fingerprint density at radius 2 is 1.90 bits per heavy atom. The van der Waals surface area contributed by atoms with E-state index in [9.17, 15) is 4.79 Å². The molecule has 112 valence electrons. The number of aromatic nitrogens is 3. The Bertz CT molecular complexity index is 427. The first-order valence-corrected chi connectivity index (χ1v) is 6.51. The molecule has 1 aromatic rings. The van der Waals surface area contributed by atoms with E-state index in [1.165, 1.54) is 4.90 Å². The number of likely N-dealkylation sites (N-methyl/N-ethyl adjacent to an activating group) is 2. The minimum atomic E-state index is -0.0316. The average Bonchev–Trinajstić information content (AvgIpc) is 2.39. The van der Waals surface area contributed by atoms with Gasteiger partial charge in [-0.1, -0.05) is 0 Å². The molecule has 0 unspecified atom stereocenters. The average molecular weight is 282 g/mol. The summed E-state index contributed by atoms with van der Waals surface area (Å²) < 4.78 is 5.31. The molecule has 1 amide bonds. The maximum atomic E-state index is 11.7. The highest BCUT2D eigenvalue weighted by atomic mass is 16.5. The number of carbonyl (C=O) groups excluding carboxylic acids is 1. The largest absolute Gasteiger partial charge is 0.464 e. The first-order chi connectivity index (χ1) is 9.47. The predicted molar refractivity (Wildman–Crippen MR) is 77.1 cm³/mol. The molecule has 1 heterocycles. The van der Waals surface area contributed by atoms with Gasteiger partial charge in [-0.05, 0) is 13.8 Å². The lowest BCUT2D eigenvalue weighted by molar-refractivity contribution is -0.127. The number of hydrogen-bond donors (Lipinski definition) is 1. The minimum Gasteiger partial charge on any atom is -0.464 e. The summed E-state index contributed by atoms with van der Waals surface area (Å²) in [4.78, 5) is 27.5. The third kappa shape index (κ3) is 4.52. The van der Waals surface area contributed by atoms with Gasteiger partial charge in [-0.15, -0.1) is 0 Å². The van der Waals surface area contributed by atoms with Gasteiger partial charge in [0.05, 0.1) is 13.2 Å². The van der Waals surface area contributed by atoms with E-state index in [1.807, 2.05) is 13.8 Å². The van der Waals surface area contributed by atoms with E-state index in [0.29, 0.717) is 25.0 Å². The molecule has 0 aliphatic rings. The maximum absolute atomic E-state index is 11.7. The Balaban J connectivity index is 2.93. The van der Waals surface area contributed by atoms with Gasteiger partial charge in [0.15, 0.2) is 0 Å². The highest BCUT2D eigenvalue weighted by Crippen LogP contribution is 2.14. The molecule has 0 aliphatic carbocycles. The van der Waals surface area contributed by atoms with Crippen LogP contribution < -0.4 is 15.0 Å². The summed E-state index contributed by atoms with van der Waals surface area (Å²) in [5.41, 5.74) is 0. The number of nitrogens with one attached hydrogen (secondary N) is 1. The second-order valence-electron chi connectivity index (χ2n) is 4.35. The number of ether oxygens (including phenoxy) is 1. The molecule has 0 radical (unpaired) electrons. The van der Waals surface area contributed by atoms with Crippen molar-refractivity contribution in [3.8, 4) is 6.01 Å². The van der Waals surface area contributed by atoms with Crippen LogP contribution in [0.5, 0.6) is 6.01 Å². The van der Waals surface area contributed by atoms with Crippen LogP contribution in [0.15, 0.2) is 0 Å². The molecule has 0 aliphatic heterocycles. The SMILES string of the molecule is CCNc1nc(OCC)nc(N(C)CC(=O)N(C)C)n1. The topological polar surface area (TPSA) is 83.5 Å². The van der Waals surface area contributed by atoms with Crippen LogP contribution in [0.25, 0.3) is 0 Å². The lowest BCUT2D eigenvalue weighted by atomic mass is 10.5. The molecule has 1 aromatic heterocycles. The zero-order chi connectivity index (χ0) is 15.1. The van der Waals surface area contributed by atoms with Crippen molar-refractivity contribution in [1.29, 1.82) is 0 Å². The van der Waals surface area contributed by atoms with Crippen LogP contribution in [0.2, 0.25) is 0 Å². The monoisotopic (exact) mass is 282 g/mol. The van der Waals surface area contributed by atoms with Gasteiger partial charge in [0.25, 0.3) is 0 Å². The smallest absolute Gasteiger partial charge is 0.323 e. The van der Waals surface area contributed by atoms with Gasteiger partial charge in [0, 0.05) is 27.7 Å². The van der Waals surface area contributed by atoms with Crippen molar-refractivity contribution in [3.63, 3.8) is 0 Å². The summed E-state index contributed by atoms with van der Waals surface area (Å²) in [6, 6.07) is 0.248. The molecule has 8 heteroatoms. The fourth-order valence-corrected chi connectivity index (χ4v) is 1.36. The number of rotatable bonds is 7. The highest BCUT2D eigenvalue weighted by Gasteiger charge is 2.14. The Morgan fingerprint density at radius 3 is 2.45 bits per heavy atom. The standard InChI is InChI=1S/C12H22N6O2/c1-6-13-10-14-11(16-12(15-10)20-7-2)18(5)8-9(19)17(3)4/h6-8H2,1-5H3,(H,13,14,15,16). The number of carbonyl (C=O) groups is 1. The Labute approximate surface area is 119 Å². The van der Waals surface area contributed by atoms with E-state index in [4.69, 9.17) is 4.74 Å². The molecule has 1 N–H and O–H groups in total. The van der Waals surface area contributed by atoms with E-state index in [0.717, 1.165) is 0 Å². The van der Waals surface area contributed by atoms with Crippen LogP contribution in [0.3, 0.4) is 0 Å². The van der Waals surface area contributed by atoms with Gasteiger partial charge in [0.2, 0.25) is 17.8 Å². The molecule has 0 saturated carbocycles. The predicted octanol–water partition coefficient (Wildman–Crippen LogP) is 0.227. The van der Waals surface area contributed by atoms with Gasteiger partial charge in [-0.3, -0.25) is 4.79 Å². The van der Waals surface area contributed by atoms with Crippen molar-refractivity contribution in [2.45, 2.75) is 13.8 Å². The Kier molecular flexibility index (Phi) is 5.95. The van der Waals surface area contributed by atoms with Crippen molar-refractivity contribution in [2.24, 2.45) is 0 Å². The quantitative estimate of drug-likeness (QED) is 0.766. The lowest BCUT2D eigenvalue weighted by Gasteiger charge is -2.19. The number of hydrogen-bond acceptors (Lipinski definition) is 7. The van der Waals surface area contributed by atoms with Crippen LogP contribution >= 0.6 is 0 Å². The molecule has 8 nitrogen and oxygen atoms in total. The summed E-state index contributed by atoms with van der Waals surface area (Å²) >= 11 is 0. The molecule has 0 fully saturated rings. The maximum Gasteiger partial charge on any atom is 0.323 e. The van der Waals surface area contributed by atoms with E-state index in [2.05, 4.69) is 20.3 Å². The van der Waals surface area contributed by atoms with Gasteiger partial charge < -0.3 is 19.9 Å². The van der Waals surface area contributed by atoms with Crippen molar-refractivity contribution in [2.75, 3.05) is 51.1 Å². The second kappa shape index (κ2) is 7.46. The highest BCUT2D eigenvalue weighted by molar-refractivity contribution is 5.80. The fraction of sp³-hybridized carbons (Fsp3) is 0.667. The lowest BCUT2D eigenvalue weighted by Crippen LogP contribution is -2.35. The summed E-state index contributed by atoms with van der Waals surface area (Å²) in [6.07, 6.45) is 0. The molecule has 0 saturated heterocycles. The van der Waals surface area contributed by atoms with Gasteiger partial charge in [0.1, 0.15) is 0 Å². The fourth-order valence-electron chi connectivity index (χ4n) is 1.36. The summed E-state index contributed by atoms with van der Waals surface area (Å²) in [5.74, 6) is 0.801. The number of nitrogens with zero attached hydrogens (tertiary/aromatic N) is 5. The van der Waals surface area contributed by atoms with Crippen molar-refractivity contribution < 1.29 is 9.53 Å². The normalized spacial score (nSPS) is 10.1. The van der Waals surface area contributed by atoms with Crippen LogP contribution in [0, 0.1) is 0 Å². The zero-order valence-electron chi connectivity index (χ0n) is 12.7. The van der Waals surface area contributed by atoms with Crippen LogP contribution in [-0.4, -0.2) is 66.6 Å². The van der Waals surface area contributed by atoms with Gasteiger partial charge in [-0.25, -0.2) is 0 Å². The van der Waals surface area contributed by atoms with Crippen LogP contribution in [-0.2, 0) is 4.79 Å². The van der Waals surface area contributed by atoms with Crippen molar-refractivity contribution in [1.82, 2.24) is 19.9 Å². The van der Waals surface area contributed by atoms with E-state index >= 15 is 0 Å². The summed E-state index contributed by atoms with van der Waals surface area (Å²) in [6.45, 7) is 5.15. The summed E-state index contributed by atoms with van der Waals surface area (Å²) in [7, 11) is 5.17. The molecular formula is C12H22N6O2. The first-order valence-electron chi connectivity index (χ1n) is 6.51. The summed E-state index contributed by atoms with van der Waals surface area (Å²) in [5, 5.41) is 3.01. The third-order valence-corrected chi connectivity index (χ3v) is 2.42. The van der Waals surface area contributed by atoms with E-state index in [-0.39, 0.29) is 18.5 Å².